The predicted octanol–water partition coefficient (Wildman–Crippen LogP) is 2.78. The van der Waals surface area contributed by atoms with Crippen LogP contribution < -0.4 is 20.9 Å². The average Bonchev–Trinajstić information content (AvgIpc) is 3.17. The molecular formula is C23H21N5O3. The molecule has 156 valence electrons. The number of nitrogens with two attached hydrogens (primary N) is 2. The van der Waals surface area contributed by atoms with Crippen molar-refractivity contribution in [3.05, 3.63) is 76.2 Å². The van der Waals surface area contributed by atoms with Crippen molar-refractivity contribution in [2.45, 2.75) is 19.8 Å². The molecule has 2 aromatic carbocycles. The summed E-state index contributed by atoms with van der Waals surface area (Å²) >= 11 is 0. The van der Waals surface area contributed by atoms with Crippen LogP contribution in [0.5, 0.6) is 11.6 Å². The molecule has 0 bridgehead atoms. The van der Waals surface area contributed by atoms with E-state index in [9.17, 15) is 10.1 Å². The molecule has 31 heavy (non-hydrogen) atoms. The van der Waals surface area contributed by atoms with Gasteiger partial charge in [-0.1, -0.05) is 24.3 Å². The average molecular weight is 415 g/mol. The van der Waals surface area contributed by atoms with Gasteiger partial charge in [-0.2, -0.15) is 5.26 Å². The van der Waals surface area contributed by atoms with Crippen LogP contribution in [0, 0.1) is 25.2 Å². The van der Waals surface area contributed by atoms with Crippen molar-refractivity contribution in [1.82, 2.24) is 10.2 Å². The number of carbonyl (C=O) groups excluding carboxylic acids is 1. The highest BCUT2D eigenvalue weighted by Gasteiger charge is 2.35. The number of H-pyrrole nitrogens is 1. The van der Waals surface area contributed by atoms with Gasteiger partial charge in [-0.3, -0.25) is 9.89 Å². The lowest BCUT2D eigenvalue weighted by atomic mass is 9.83. The second-order valence-electron chi connectivity index (χ2n) is 7.37. The number of benzene rings is 2. The third-order valence-electron chi connectivity index (χ3n) is 5.33. The number of amides is 1. The lowest BCUT2D eigenvalue weighted by molar-refractivity contribution is -0.119. The van der Waals surface area contributed by atoms with Gasteiger partial charge in [-0.25, -0.2) is 0 Å². The van der Waals surface area contributed by atoms with Crippen LogP contribution in [0.3, 0.4) is 0 Å². The number of hydrogen-bond acceptors (Lipinski definition) is 6. The van der Waals surface area contributed by atoms with Crippen LogP contribution in [0.1, 0.15) is 28.2 Å². The summed E-state index contributed by atoms with van der Waals surface area (Å²) in [6.45, 7) is 3.88. The van der Waals surface area contributed by atoms with Gasteiger partial charge in [0, 0.05) is 5.56 Å². The van der Waals surface area contributed by atoms with Gasteiger partial charge in [0.25, 0.3) is 5.91 Å². The van der Waals surface area contributed by atoms with Crippen LogP contribution in [-0.4, -0.2) is 22.7 Å². The number of nitrogens with one attached hydrogen (secondary N) is 1. The van der Waals surface area contributed by atoms with Gasteiger partial charge in [-0.05, 0) is 48.7 Å². The van der Waals surface area contributed by atoms with Gasteiger partial charge in [0.1, 0.15) is 17.4 Å². The lowest BCUT2D eigenvalue weighted by Crippen LogP contribution is -2.21. The second kappa shape index (κ2) is 7.88. The molecule has 0 fully saturated rings. The summed E-state index contributed by atoms with van der Waals surface area (Å²) in [4.78, 5) is 10.9. The maximum Gasteiger partial charge on any atom is 0.255 e. The first-order chi connectivity index (χ1) is 14.9. The van der Waals surface area contributed by atoms with Crippen molar-refractivity contribution in [2.24, 2.45) is 11.5 Å². The Kier molecular flexibility index (Phi) is 5.09. The maximum atomic E-state index is 10.9. The van der Waals surface area contributed by atoms with E-state index in [0.717, 1.165) is 27.9 Å². The van der Waals surface area contributed by atoms with E-state index in [1.165, 1.54) is 5.56 Å². The maximum absolute atomic E-state index is 10.9. The van der Waals surface area contributed by atoms with Crippen LogP contribution in [0.2, 0.25) is 0 Å². The summed E-state index contributed by atoms with van der Waals surface area (Å²) < 4.78 is 11.0. The predicted molar refractivity (Wildman–Crippen MR) is 114 cm³/mol. The van der Waals surface area contributed by atoms with Gasteiger partial charge < -0.3 is 20.9 Å². The van der Waals surface area contributed by atoms with E-state index >= 15 is 0 Å². The van der Waals surface area contributed by atoms with Crippen molar-refractivity contribution in [1.29, 1.82) is 5.26 Å². The number of nitriles is 1. The van der Waals surface area contributed by atoms with Crippen molar-refractivity contribution >= 4 is 5.91 Å². The van der Waals surface area contributed by atoms with Crippen LogP contribution in [-0.2, 0) is 4.79 Å². The van der Waals surface area contributed by atoms with Crippen LogP contribution in [0.15, 0.2) is 53.9 Å². The number of ether oxygens (including phenoxy) is 2. The molecule has 1 aliphatic heterocycles. The number of aryl methyl sites for hydroxylation is 2. The summed E-state index contributed by atoms with van der Waals surface area (Å²) in [7, 11) is 0. The van der Waals surface area contributed by atoms with Crippen molar-refractivity contribution in [2.75, 3.05) is 6.61 Å². The molecule has 1 atom stereocenters. The Hall–Kier alpha value is -4.25. The Bertz CT molecular complexity index is 1240. The van der Waals surface area contributed by atoms with Gasteiger partial charge in [0.15, 0.2) is 6.61 Å². The molecule has 0 saturated carbocycles. The first-order valence-electron chi connectivity index (χ1n) is 9.63. The van der Waals surface area contributed by atoms with E-state index in [1.807, 2.05) is 38.1 Å². The Labute approximate surface area is 179 Å². The highest BCUT2D eigenvalue weighted by Crippen LogP contribution is 2.45. The molecule has 8 heteroatoms. The number of hydrogen-bond donors (Lipinski definition) is 3. The van der Waals surface area contributed by atoms with Gasteiger partial charge >= 0.3 is 0 Å². The molecule has 8 nitrogen and oxygen atoms in total. The molecule has 3 aromatic rings. The topological polar surface area (TPSA) is 140 Å². The van der Waals surface area contributed by atoms with Crippen molar-refractivity contribution in [3.8, 4) is 29.0 Å². The number of carbonyl (C=O) groups is 1. The van der Waals surface area contributed by atoms with E-state index in [2.05, 4.69) is 22.3 Å². The molecule has 2 heterocycles. The second-order valence-corrected chi connectivity index (χ2v) is 7.37. The number of aromatic nitrogens is 2. The number of aromatic amines is 1. The van der Waals surface area contributed by atoms with Crippen molar-refractivity contribution < 1.29 is 14.3 Å². The SMILES string of the molecule is Cc1ccc(-c2[nH]nc3c2C(c2ccc(OCC(N)=O)cc2)C(C#N)=C(N)O3)cc1C. The van der Waals surface area contributed by atoms with E-state index in [-0.39, 0.29) is 12.5 Å². The smallest absolute Gasteiger partial charge is 0.255 e. The molecule has 5 N–H and O–H groups in total. The lowest BCUT2D eigenvalue weighted by Gasteiger charge is -2.24. The minimum Gasteiger partial charge on any atom is -0.484 e. The van der Waals surface area contributed by atoms with Gasteiger partial charge in [-0.15, -0.1) is 5.10 Å². The zero-order chi connectivity index (χ0) is 22.1. The summed E-state index contributed by atoms with van der Waals surface area (Å²) in [5, 5.41) is 17.2. The fraction of sp³-hybridized carbons (Fsp3) is 0.174. The minimum atomic E-state index is -0.558. The fourth-order valence-corrected chi connectivity index (χ4v) is 3.61. The Morgan fingerprint density at radius 1 is 1.23 bits per heavy atom. The van der Waals surface area contributed by atoms with Crippen LogP contribution in [0.25, 0.3) is 11.3 Å². The third-order valence-corrected chi connectivity index (χ3v) is 5.33. The van der Waals surface area contributed by atoms with Gasteiger partial charge in [0.2, 0.25) is 11.8 Å². The summed E-state index contributed by atoms with van der Waals surface area (Å²) in [6.07, 6.45) is 0. The standard InChI is InChI=1S/C23H21N5O3/c1-12-3-4-15(9-13(12)2)21-20-19(17(10-24)22(26)31-23(20)28-27-21)14-5-7-16(8-6-14)30-11-18(25)29/h3-9,19H,11,26H2,1-2H3,(H2,25,29)(H,27,28). The summed E-state index contributed by atoms with van der Waals surface area (Å²) in [6, 6.07) is 15.4. The highest BCUT2D eigenvalue weighted by atomic mass is 16.5. The molecule has 1 aliphatic rings. The third kappa shape index (κ3) is 3.69. The summed E-state index contributed by atoms with van der Waals surface area (Å²) in [5.41, 5.74) is 17.0. The molecule has 0 aliphatic carbocycles. The molecule has 1 aromatic heterocycles. The molecule has 1 amide bonds. The summed E-state index contributed by atoms with van der Waals surface area (Å²) in [5.74, 6) is -0.186. The largest absolute Gasteiger partial charge is 0.484 e. The van der Waals surface area contributed by atoms with E-state index in [1.54, 1.807) is 12.1 Å². The van der Waals surface area contributed by atoms with E-state index < -0.39 is 11.8 Å². The first-order valence-corrected chi connectivity index (χ1v) is 9.63. The normalized spacial score (nSPS) is 15.1. The quantitative estimate of drug-likeness (QED) is 0.585. The number of primary amides is 1. The van der Waals surface area contributed by atoms with Crippen LogP contribution in [0.4, 0.5) is 0 Å². The van der Waals surface area contributed by atoms with E-state index in [0.29, 0.717) is 17.2 Å². The van der Waals surface area contributed by atoms with E-state index in [4.69, 9.17) is 20.9 Å². The van der Waals surface area contributed by atoms with Crippen LogP contribution >= 0.6 is 0 Å². The molecule has 0 saturated heterocycles. The first kappa shape index (κ1) is 20.0. The Morgan fingerprint density at radius 3 is 2.61 bits per heavy atom. The molecular weight excluding hydrogens is 394 g/mol. The zero-order valence-electron chi connectivity index (χ0n) is 17.1. The zero-order valence-corrected chi connectivity index (χ0v) is 17.1. The monoisotopic (exact) mass is 415 g/mol. The number of nitrogens with zero attached hydrogens (tertiary/aromatic N) is 2. The molecule has 0 radical (unpaired) electrons. The number of rotatable bonds is 5. The fourth-order valence-electron chi connectivity index (χ4n) is 3.61. The molecule has 4 rings (SSSR count). The Balaban J connectivity index is 1.81. The van der Waals surface area contributed by atoms with Crippen molar-refractivity contribution in [3.63, 3.8) is 0 Å². The number of fused-ring (bicyclic) bond motifs is 1. The number of allylic oxidation sites excluding steroid dienone is 1. The molecule has 0 spiro atoms. The minimum absolute atomic E-state index is 0.0205. The Morgan fingerprint density at radius 2 is 1.97 bits per heavy atom. The van der Waals surface area contributed by atoms with Gasteiger partial charge in [0.05, 0.1) is 17.2 Å². The molecule has 1 unspecified atom stereocenters. The highest BCUT2D eigenvalue weighted by molar-refractivity contribution is 5.75.